The number of benzene rings is 2. The maximum Gasteiger partial charge on any atom is 0.221 e. The summed E-state index contributed by atoms with van der Waals surface area (Å²) in [4.78, 5) is 11.1. The highest BCUT2D eigenvalue weighted by atomic mass is 16.1. The highest BCUT2D eigenvalue weighted by molar-refractivity contribution is 6.09. The van der Waals surface area contributed by atoms with Gasteiger partial charge in [-0.05, 0) is 6.07 Å². The van der Waals surface area contributed by atoms with Crippen LogP contribution in [0, 0.1) is 0 Å². The number of carbonyl (C=O) groups excluding carboxylic acids is 1. The third kappa shape index (κ3) is 1.65. The van der Waals surface area contributed by atoms with Crippen LogP contribution < -0.4 is 16.8 Å². The molecule has 0 aliphatic heterocycles. The van der Waals surface area contributed by atoms with Crippen molar-refractivity contribution >= 4 is 33.7 Å². The molecule has 0 heterocycles. The number of nitrogens with two attached hydrogens (primary N) is 2. The molecule has 0 fully saturated rings. The molecule has 0 saturated heterocycles. The Morgan fingerprint density at radius 2 is 1.81 bits per heavy atom. The molecule has 0 unspecified atom stereocenters. The third-order valence-electron chi connectivity index (χ3n) is 2.43. The number of fused-ring (bicyclic) bond motifs is 1. The number of hydrogen-bond donors (Lipinski definition) is 3. The van der Waals surface area contributed by atoms with Gasteiger partial charge in [0.05, 0.1) is 17.1 Å². The molecule has 0 saturated carbocycles. The lowest BCUT2D eigenvalue weighted by molar-refractivity contribution is -0.114. The Morgan fingerprint density at radius 3 is 2.44 bits per heavy atom. The smallest absolute Gasteiger partial charge is 0.221 e. The summed E-state index contributed by atoms with van der Waals surface area (Å²) < 4.78 is 0. The van der Waals surface area contributed by atoms with Crippen molar-refractivity contribution in [3.05, 3.63) is 30.3 Å². The zero-order chi connectivity index (χ0) is 11.7. The Kier molecular flexibility index (Phi) is 2.40. The van der Waals surface area contributed by atoms with Crippen molar-refractivity contribution in [1.82, 2.24) is 0 Å². The van der Waals surface area contributed by atoms with Crippen LogP contribution >= 0.6 is 0 Å². The zero-order valence-corrected chi connectivity index (χ0v) is 8.95. The maximum atomic E-state index is 11.1. The third-order valence-corrected chi connectivity index (χ3v) is 2.43. The summed E-state index contributed by atoms with van der Waals surface area (Å²) in [6.07, 6.45) is 0. The first kappa shape index (κ1) is 10.3. The number of nitrogen functional groups attached to an aromatic ring is 2. The first-order chi connectivity index (χ1) is 7.59. The van der Waals surface area contributed by atoms with Gasteiger partial charge in [0.25, 0.3) is 0 Å². The normalized spacial score (nSPS) is 10.3. The summed E-state index contributed by atoms with van der Waals surface area (Å²) in [5, 5.41) is 4.49. The molecule has 0 aromatic heterocycles. The van der Waals surface area contributed by atoms with Gasteiger partial charge < -0.3 is 16.8 Å². The van der Waals surface area contributed by atoms with Crippen LogP contribution in [0.4, 0.5) is 17.1 Å². The molecule has 0 bridgehead atoms. The lowest BCUT2D eigenvalue weighted by atomic mass is 10.1. The molecular weight excluding hydrogens is 202 g/mol. The predicted molar refractivity (Wildman–Crippen MR) is 67.1 cm³/mol. The van der Waals surface area contributed by atoms with Gasteiger partial charge in [-0.1, -0.05) is 24.3 Å². The average molecular weight is 215 g/mol. The van der Waals surface area contributed by atoms with Crippen LogP contribution in [-0.2, 0) is 4.79 Å². The van der Waals surface area contributed by atoms with E-state index in [4.69, 9.17) is 11.5 Å². The minimum Gasteiger partial charge on any atom is -0.397 e. The molecule has 16 heavy (non-hydrogen) atoms. The van der Waals surface area contributed by atoms with E-state index >= 15 is 0 Å². The van der Waals surface area contributed by atoms with Gasteiger partial charge >= 0.3 is 0 Å². The second-order valence-corrected chi connectivity index (χ2v) is 3.65. The Balaban J connectivity index is 2.74. The van der Waals surface area contributed by atoms with E-state index in [-0.39, 0.29) is 5.91 Å². The van der Waals surface area contributed by atoms with Crippen LogP contribution in [0.5, 0.6) is 0 Å². The van der Waals surface area contributed by atoms with Gasteiger partial charge in [-0.25, -0.2) is 0 Å². The standard InChI is InChI=1S/C12H13N3O/c1-7(16)15-11-6-10(13)12(14)9-5-3-2-4-8(9)11/h2-6H,13-14H2,1H3,(H,15,16). The number of hydrogen-bond acceptors (Lipinski definition) is 3. The molecule has 2 aromatic carbocycles. The van der Waals surface area contributed by atoms with E-state index in [9.17, 15) is 4.79 Å². The number of carbonyl (C=O) groups is 1. The summed E-state index contributed by atoms with van der Waals surface area (Å²) in [6.45, 7) is 1.46. The van der Waals surface area contributed by atoms with Crippen molar-refractivity contribution in [2.24, 2.45) is 0 Å². The monoisotopic (exact) mass is 215 g/mol. The van der Waals surface area contributed by atoms with Gasteiger partial charge in [0.15, 0.2) is 0 Å². The molecule has 0 radical (unpaired) electrons. The molecule has 0 atom stereocenters. The van der Waals surface area contributed by atoms with Crippen LogP contribution in [0.3, 0.4) is 0 Å². The molecule has 4 nitrogen and oxygen atoms in total. The Morgan fingerprint density at radius 1 is 1.19 bits per heavy atom. The number of rotatable bonds is 1. The largest absolute Gasteiger partial charge is 0.397 e. The Labute approximate surface area is 93.2 Å². The second-order valence-electron chi connectivity index (χ2n) is 3.65. The fraction of sp³-hybridized carbons (Fsp3) is 0.0833. The van der Waals surface area contributed by atoms with Gasteiger partial charge in [-0.3, -0.25) is 4.79 Å². The fourth-order valence-corrected chi connectivity index (χ4v) is 1.71. The quantitative estimate of drug-likeness (QED) is 0.636. The van der Waals surface area contributed by atoms with E-state index in [2.05, 4.69) is 5.32 Å². The van der Waals surface area contributed by atoms with E-state index in [1.165, 1.54) is 6.92 Å². The zero-order valence-electron chi connectivity index (χ0n) is 8.95. The first-order valence-corrected chi connectivity index (χ1v) is 4.94. The molecule has 2 rings (SSSR count). The van der Waals surface area contributed by atoms with Gasteiger partial charge in [0.1, 0.15) is 0 Å². The Bertz CT molecular complexity index is 563. The van der Waals surface area contributed by atoms with E-state index in [1.807, 2.05) is 24.3 Å². The molecular formula is C12H13N3O. The number of nitrogens with one attached hydrogen (secondary N) is 1. The van der Waals surface area contributed by atoms with Crippen molar-refractivity contribution in [3.63, 3.8) is 0 Å². The number of anilines is 3. The first-order valence-electron chi connectivity index (χ1n) is 4.94. The number of amides is 1. The summed E-state index contributed by atoms with van der Waals surface area (Å²) in [5.41, 5.74) is 13.4. The van der Waals surface area contributed by atoms with Gasteiger partial charge in [-0.2, -0.15) is 0 Å². The van der Waals surface area contributed by atoms with Crippen LogP contribution in [-0.4, -0.2) is 5.91 Å². The molecule has 2 aromatic rings. The lowest BCUT2D eigenvalue weighted by Crippen LogP contribution is -2.07. The highest BCUT2D eigenvalue weighted by Gasteiger charge is 2.08. The van der Waals surface area contributed by atoms with E-state index < -0.39 is 0 Å². The average Bonchev–Trinajstić information content (AvgIpc) is 2.25. The lowest BCUT2D eigenvalue weighted by Gasteiger charge is -2.11. The Hall–Kier alpha value is -2.23. The molecule has 82 valence electrons. The summed E-state index contributed by atoms with van der Waals surface area (Å²) in [6, 6.07) is 9.24. The molecule has 5 N–H and O–H groups in total. The van der Waals surface area contributed by atoms with Crippen molar-refractivity contribution in [2.75, 3.05) is 16.8 Å². The van der Waals surface area contributed by atoms with Crippen molar-refractivity contribution in [1.29, 1.82) is 0 Å². The fourth-order valence-electron chi connectivity index (χ4n) is 1.71. The predicted octanol–water partition coefficient (Wildman–Crippen LogP) is 1.96. The van der Waals surface area contributed by atoms with E-state index in [0.29, 0.717) is 17.1 Å². The summed E-state index contributed by atoms with van der Waals surface area (Å²) in [7, 11) is 0. The SMILES string of the molecule is CC(=O)Nc1cc(N)c(N)c2ccccc12. The molecule has 0 spiro atoms. The minimum absolute atomic E-state index is 0.130. The maximum absolute atomic E-state index is 11.1. The van der Waals surface area contributed by atoms with E-state index in [1.54, 1.807) is 6.07 Å². The van der Waals surface area contributed by atoms with Crippen LogP contribution in [0.15, 0.2) is 30.3 Å². The van der Waals surface area contributed by atoms with Crippen LogP contribution in [0.2, 0.25) is 0 Å². The van der Waals surface area contributed by atoms with E-state index in [0.717, 1.165) is 10.8 Å². The second kappa shape index (κ2) is 3.73. The van der Waals surface area contributed by atoms with Gasteiger partial charge in [0, 0.05) is 17.7 Å². The van der Waals surface area contributed by atoms with Gasteiger partial charge in [0.2, 0.25) is 5.91 Å². The molecule has 0 aliphatic carbocycles. The summed E-state index contributed by atoms with van der Waals surface area (Å²) in [5.74, 6) is -0.130. The van der Waals surface area contributed by atoms with Crippen molar-refractivity contribution < 1.29 is 4.79 Å². The van der Waals surface area contributed by atoms with Crippen LogP contribution in [0.25, 0.3) is 10.8 Å². The minimum atomic E-state index is -0.130. The van der Waals surface area contributed by atoms with Crippen LogP contribution in [0.1, 0.15) is 6.92 Å². The molecule has 4 heteroatoms. The topological polar surface area (TPSA) is 81.1 Å². The molecule has 1 amide bonds. The van der Waals surface area contributed by atoms with Gasteiger partial charge in [-0.15, -0.1) is 0 Å². The molecule has 0 aliphatic rings. The summed E-state index contributed by atoms with van der Waals surface area (Å²) >= 11 is 0. The highest BCUT2D eigenvalue weighted by Crippen LogP contribution is 2.33. The van der Waals surface area contributed by atoms with Crippen molar-refractivity contribution in [3.8, 4) is 0 Å². The van der Waals surface area contributed by atoms with Crippen molar-refractivity contribution in [2.45, 2.75) is 6.92 Å².